The summed E-state index contributed by atoms with van der Waals surface area (Å²) in [5.74, 6) is 0.540. The van der Waals surface area contributed by atoms with Gasteiger partial charge >= 0.3 is 0 Å². The highest BCUT2D eigenvalue weighted by molar-refractivity contribution is 5.33. The van der Waals surface area contributed by atoms with E-state index in [-0.39, 0.29) is 5.54 Å². The Hall–Kier alpha value is -1.33. The lowest BCUT2D eigenvalue weighted by molar-refractivity contribution is 0.0768. The molecule has 1 aromatic rings. The fourth-order valence-corrected chi connectivity index (χ4v) is 3.85. The van der Waals surface area contributed by atoms with Gasteiger partial charge in [0.25, 0.3) is 0 Å². The molecule has 1 fully saturated rings. The lowest BCUT2D eigenvalue weighted by atomic mass is 9.90. The number of hydrogen-bond donors (Lipinski definition) is 0. The van der Waals surface area contributed by atoms with Gasteiger partial charge in [-0.25, -0.2) is 0 Å². The van der Waals surface area contributed by atoms with E-state index in [1.165, 1.54) is 11.1 Å². The van der Waals surface area contributed by atoms with Gasteiger partial charge in [0.1, 0.15) is 0 Å². The van der Waals surface area contributed by atoms with Crippen molar-refractivity contribution in [2.45, 2.75) is 77.4 Å². The molecule has 1 aliphatic heterocycles. The third-order valence-electron chi connectivity index (χ3n) is 4.58. The van der Waals surface area contributed by atoms with E-state index in [2.05, 4.69) is 69.9 Å². The van der Waals surface area contributed by atoms with Gasteiger partial charge in [0.05, 0.1) is 12.5 Å². The van der Waals surface area contributed by atoms with E-state index < -0.39 is 0 Å². The molecule has 2 nitrogen and oxygen atoms in total. The number of rotatable bonds is 3. The number of hydrogen-bond acceptors (Lipinski definition) is 2. The Morgan fingerprint density at radius 1 is 1.24 bits per heavy atom. The fourth-order valence-electron chi connectivity index (χ4n) is 3.85. The Morgan fingerprint density at radius 2 is 1.90 bits per heavy atom. The normalized spacial score (nSPS) is 23.5. The summed E-state index contributed by atoms with van der Waals surface area (Å²) in [5, 5.41) is 9.13. The summed E-state index contributed by atoms with van der Waals surface area (Å²) >= 11 is 0. The summed E-state index contributed by atoms with van der Waals surface area (Å²) in [7, 11) is 0. The van der Waals surface area contributed by atoms with Gasteiger partial charge in [-0.1, -0.05) is 38.1 Å². The minimum atomic E-state index is 0.0901. The first-order valence-corrected chi connectivity index (χ1v) is 8.10. The molecule has 0 spiro atoms. The van der Waals surface area contributed by atoms with Crippen LogP contribution in [0.15, 0.2) is 24.3 Å². The highest BCUT2D eigenvalue weighted by atomic mass is 15.3. The predicted octanol–water partition coefficient (Wildman–Crippen LogP) is 5.03. The second-order valence-corrected chi connectivity index (χ2v) is 7.47. The average molecular weight is 284 g/mol. The lowest BCUT2D eigenvalue weighted by Crippen LogP contribution is -2.45. The van der Waals surface area contributed by atoms with Gasteiger partial charge in [0, 0.05) is 17.6 Å². The van der Waals surface area contributed by atoms with E-state index in [1.807, 2.05) is 0 Å². The maximum atomic E-state index is 9.13. The van der Waals surface area contributed by atoms with E-state index in [9.17, 15) is 0 Å². The van der Waals surface area contributed by atoms with Gasteiger partial charge < -0.3 is 0 Å². The number of benzene rings is 1. The molecule has 0 N–H and O–H groups in total. The molecule has 2 unspecified atom stereocenters. The van der Waals surface area contributed by atoms with Gasteiger partial charge in [-0.2, -0.15) is 5.26 Å². The fraction of sp³-hybridized carbons (Fsp3) is 0.632. The lowest BCUT2D eigenvalue weighted by Gasteiger charge is -2.41. The number of nitriles is 1. The number of nitrogens with zero attached hydrogens (tertiary/aromatic N) is 2. The highest BCUT2D eigenvalue weighted by Crippen LogP contribution is 2.44. The van der Waals surface area contributed by atoms with E-state index in [1.54, 1.807) is 0 Å². The molecule has 2 rings (SSSR count). The monoisotopic (exact) mass is 284 g/mol. The molecule has 21 heavy (non-hydrogen) atoms. The van der Waals surface area contributed by atoms with Crippen LogP contribution in [0.25, 0.3) is 0 Å². The Labute approximate surface area is 129 Å². The van der Waals surface area contributed by atoms with E-state index in [0.717, 1.165) is 12.8 Å². The van der Waals surface area contributed by atoms with Crippen molar-refractivity contribution < 1.29 is 0 Å². The van der Waals surface area contributed by atoms with Crippen LogP contribution in [0.3, 0.4) is 0 Å². The van der Waals surface area contributed by atoms with Crippen LogP contribution in [0.1, 0.15) is 77.0 Å². The van der Waals surface area contributed by atoms with Crippen molar-refractivity contribution in [3.8, 4) is 6.07 Å². The third kappa shape index (κ3) is 3.30. The van der Waals surface area contributed by atoms with Crippen LogP contribution in [-0.4, -0.2) is 16.5 Å². The van der Waals surface area contributed by atoms with Crippen molar-refractivity contribution in [1.82, 2.24) is 4.90 Å². The SMILES string of the molecule is CC(C)c1ccccc1C1CCC(CC#N)N1C(C)(C)C. The number of likely N-dealkylation sites (tertiary alicyclic amines) is 1. The first-order chi connectivity index (χ1) is 9.86. The van der Waals surface area contributed by atoms with E-state index in [4.69, 9.17) is 5.26 Å². The molecule has 1 aliphatic rings. The van der Waals surface area contributed by atoms with Gasteiger partial charge in [0.15, 0.2) is 0 Å². The molecular weight excluding hydrogens is 256 g/mol. The molecule has 0 saturated carbocycles. The predicted molar refractivity (Wildman–Crippen MR) is 88.1 cm³/mol. The van der Waals surface area contributed by atoms with Crippen LogP contribution in [0, 0.1) is 11.3 Å². The maximum Gasteiger partial charge on any atom is 0.0638 e. The second kappa shape index (κ2) is 6.20. The molecule has 0 bridgehead atoms. The molecule has 1 heterocycles. The molecule has 2 heteroatoms. The summed E-state index contributed by atoms with van der Waals surface area (Å²) in [6.07, 6.45) is 2.92. The smallest absolute Gasteiger partial charge is 0.0638 e. The van der Waals surface area contributed by atoms with Crippen molar-refractivity contribution >= 4 is 0 Å². The Kier molecular flexibility index (Phi) is 4.74. The molecule has 0 amide bonds. The molecule has 1 aromatic carbocycles. The molecule has 0 radical (unpaired) electrons. The van der Waals surface area contributed by atoms with E-state index >= 15 is 0 Å². The van der Waals surface area contributed by atoms with Gasteiger partial charge in [-0.3, -0.25) is 4.90 Å². The summed E-state index contributed by atoms with van der Waals surface area (Å²) in [6.45, 7) is 11.3. The second-order valence-electron chi connectivity index (χ2n) is 7.47. The van der Waals surface area contributed by atoms with Crippen molar-refractivity contribution in [2.75, 3.05) is 0 Å². The van der Waals surface area contributed by atoms with Crippen molar-refractivity contribution in [3.05, 3.63) is 35.4 Å². The van der Waals surface area contributed by atoms with Crippen LogP contribution in [-0.2, 0) is 0 Å². The van der Waals surface area contributed by atoms with Crippen LogP contribution in [0.4, 0.5) is 0 Å². The largest absolute Gasteiger partial charge is 0.288 e. The van der Waals surface area contributed by atoms with Crippen LogP contribution in [0.2, 0.25) is 0 Å². The summed E-state index contributed by atoms with van der Waals surface area (Å²) in [6, 6.07) is 12.1. The molecule has 1 saturated heterocycles. The zero-order chi connectivity index (χ0) is 15.6. The molecule has 0 aromatic heterocycles. The van der Waals surface area contributed by atoms with Gasteiger partial charge in [-0.05, 0) is 50.7 Å². The average Bonchev–Trinajstić information content (AvgIpc) is 2.82. The quantitative estimate of drug-likeness (QED) is 0.778. The van der Waals surface area contributed by atoms with Crippen LogP contribution < -0.4 is 0 Å². The Bertz CT molecular complexity index is 519. The molecule has 0 aliphatic carbocycles. The zero-order valence-corrected chi connectivity index (χ0v) is 14.1. The minimum absolute atomic E-state index is 0.0901. The van der Waals surface area contributed by atoms with Crippen molar-refractivity contribution in [1.29, 1.82) is 5.26 Å². The van der Waals surface area contributed by atoms with Gasteiger partial charge in [0.2, 0.25) is 0 Å². The summed E-state index contributed by atoms with van der Waals surface area (Å²) < 4.78 is 0. The Balaban J connectivity index is 2.41. The maximum absolute atomic E-state index is 9.13. The topological polar surface area (TPSA) is 27.0 Å². The summed E-state index contributed by atoms with van der Waals surface area (Å²) in [5.41, 5.74) is 3.00. The Morgan fingerprint density at radius 3 is 2.48 bits per heavy atom. The van der Waals surface area contributed by atoms with Crippen LogP contribution in [0.5, 0.6) is 0 Å². The van der Waals surface area contributed by atoms with E-state index in [0.29, 0.717) is 24.4 Å². The zero-order valence-electron chi connectivity index (χ0n) is 14.1. The minimum Gasteiger partial charge on any atom is -0.288 e. The van der Waals surface area contributed by atoms with Crippen molar-refractivity contribution in [2.24, 2.45) is 0 Å². The highest BCUT2D eigenvalue weighted by Gasteiger charge is 2.41. The molecular formula is C19H28N2. The molecule has 2 atom stereocenters. The first kappa shape index (κ1) is 16.0. The first-order valence-electron chi connectivity index (χ1n) is 8.10. The van der Waals surface area contributed by atoms with Crippen LogP contribution >= 0.6 is 0 Å². The standard InChI is InChI=1S/C19H28N2/c1-14(2)16-8-6-7-9-17(16)18-11-10-15(12-13-20)21(18)19(3,4)5/h6-9,14-15,18H,10-12H2,1-5H3. The molecule has 114 valence electrons. The van der Waals surface area contributed by atoms with Crippen molar-refractivity contribution in [3.63, 3.8) is 0 Å². The summed E-state index contributed by atoms with van der Waals surface area (Å²) in [4.78, 5) is 2.58. The van der Waals surface area contributed by atoms with Gasteiger partial charge in [-0.15, -0.1) is 0 Å². The third-order valence-corrected chi connectivity index (χ3v) is 4.58.